The first kappa shape index (κ1) is 16.0. The lowest BCUT2D eigenvalue weighted by Crippen LogP contribution is -2.10. The number of aliphatic hydroxyl groups excluding tert-OH is 1. The van der Waals surface area contributed by atoms with Crippen LogP contribution < -0.4 is 4.74 Å². The smallest absolute Gasteiger partial charge is 0.312 e. The van der Waals surface area contributed by atoms with Gasteiger partial charge < -0.3 is 9.84 Å². The van der Waals surface area contributed by atoms with Crippen molar-refractivity contribution in [3.63, 3.8) is 0 Å². The van der Waals surface area contributed by atoms with Gasteiger partial charge in [0.25, 0.3) is 0 Å². The highest BCUT2D eigenvalue weighted by molar-refractivity contribution is 5.51. The standard InChI is InChI=1S/C16H11N3O4/c17-8-11-1-4-13(5-2-11)15(20)10-23-16-6-3-12(9-18)7-14(16)19(21)22/h1-7,15,20H,10H2. The van der Waals surface area contributed by atoms with Gasteiger partial charge in [-0.3, -0.25) is 10.1 Å². The molecular weight excluding hydrogens is 298 g/mol. The van der Waals surface area contributed by atoms with Gasteiger partial charge in [0.2, 0.25) is 0 Å². The number of hydrogen-bond donors (Lipinski definition) is 1. The fourth-order valence-electron chi connectivity index (χ4n) is 1.90. The summed E-state index contributed by atoms with van der Waals surface area (Å²) in [5, 5.41) is 38.5. The molecule has 7 nitrogen and oxygen atoms in total. The van der Waals surface area contributed by atoms with Crippen molar-refractivity contribution >= 4 is 5.69 Å². The highest BCUT2D eigenvalue weighted by atomic mass is 16.6. The summed E-state index contributed by atoms with van der Waals surface area (Å²) in [5.41, 5.74) is 0.803. The number of nitriles is 2. The molecule has 23 heavy (non-hydrogen) atoms. The van der Waals surface area contributed by atoms with Gasteiger partial charge in [-0.05, 0) is 29.8 Å². The van der Waals surface area contributed by atoms with Crippen molar-refractivity contribution in [1.82, 2.24) is 0 Å². The first-order valence-electron chi connectivity index (χ1n) is 6.54. The molecule has 0 amide bonds. The van der Waals surface area contributed by atoms with Gasteiger partial charge in [0, 0.05) is 6.07 Å². The number of nitrogens with zero attached hydrogens (tertiary/aromatic N) is 3. The number of nitro groups is 1. The minimum Gasteiger partial charge on any atom is -0.484 e. The zero-order valence-corrected chi connectivity index (χ0v) is 11.8. The van der Waals surface area contributed by atoms with Crippen LogP contribution in [0.25, 0.3) is 0 Å². The van der Waals surface area contributed by atoms with E-state index in [2.05, 4.69) is 0 Å². The van der Waals surface area contributed by atoms with Crippen LogP contribution in [0.3, 0.4) is 0 Å². The number of hydrogen-bond acceptors (Lipinski definition) is 6. The minimum absolute atomic E-state index is 0.0262. The first-order valence-corrected chi connectivity index (χ1v) is 6.54. The average Bonchev–Trinajstić information content (AvgIpc) is 2.59. The number of rotatable bonds is 5. The van der Waals surface area contributed by atoms with E-state index in [1.807, 2.05) is 12.1 Å². The Labute approximate surface area is 131 Å². The Morgan fingerprint density at radius 2 is 1.74 bits per heavy atom. The fourth-order valence-corrected chi connectivity index (χ4v) is 1.90. The molecule has 0 bridgehead atoms. The Kier molecular flexibility index (Phi) is 4.88. The molecule has 0 aliphatic rings. The maximum atomic E-state index is 11.0. The highest BCUT2D eigenvalue weighted by Gasteiger charge is 2.18. The van der Waals surface area contributed by atoms with Crippen LogP contribution in [0.1, 0.15) is 22.8 Å². The predicted octanol–water partition coefficient (Wildman–Crippen LogP) is 2.45. The summed E-state index contributed by atoms with van der Waals surface area (Å²) >= 11 is 0. The third-order valence-electron chi connectivity index (χ3n) is 3.11. The summed E-state index contributed by atoms with van der Waals surface area (Å²) in [6.07, 6.45) is -1.00. The van der Waals surface area contributed by atoms with Crippen molar-refractivity contribution in [1.29, 1.82) is 10.5 Å². The summed E-state index contributed by atoms with van der Waals surface area (Å²) in [5.74, 6) is -0.0262. The highest BCUT2D eigenvalue weighted by Crippen LogP contribution is 2.28. The molecule has 0 heterocycles. The molecule has 2 rings (SSSR count). The van der Waals surface area contributed by atoms with E-state index in [1.54, 1.807) is 24.3 Å². The second kappa shape index (κ2) is 7.03. The Morgan fingerprint density at radius 1 is 1.13 bits per heavy atom. The largest absolute Gasteiger partial charge is 0.484 e. The van der Waals surface area contributed by atoms with E-state index in [0.29, 0.717) is 11.1 Å². The zero-order chi connectivity index (χ0) is 16.8. The van der Waals surface area contributed by atoms with E-state index in [9.17, 15) is 15.2 Å². The quantitative estimate of drug-likeness (QED) is 0.669. The normalized spacial score (nSPS) is 11.1. The summed E-state index contributed by atoms with van der Waals surface area (Å²) in [7, 11) is 0. The molecule has 0 spiro atoms. The van der Waals surface area contributed by atoms with Crippen LogP contribution in [0.4, 0.5) is 5.69 Å². The van der Waals surface area contributed by atoms with E-state index in [-0.39, 0.29) is 23.6 Å². The van der Waals surface area contributed by atoms with Gasteiger partial charge >= 0.3 is 5.69 Å². The number of aliphatic hydroxyl groups is 1. The van der Waals surface area contributed by atoms with E-state index in [4.69, 9.17) is 15.3 Å². The van der Waals surface area contributed by atoms with Gasteiger partial charge in [0.1, 0.15) is 12.7 Å². The molecule has 0 saturated carbocycles. The minimum atomic E-state index is -1.00. The molecule has 0 aliphatic heterocycles. The Morgan fingerprint density at radius 3 is 2.30 bits per heavy atom. The molecule has 1 N–H and O–H groups in total. The number of nitro benzene ring substituents is 1. The molecule has 0 aliphatic carbocycles. The second-order valence-electron chi connectivity index (χ2n) is 4.61. The molecule has 1 atom stereocenters. The van der Waals surface area contributed by atoms with Gasteiger partial charge in [-0.1, -0.05) is 12.1 Å². The Bertz CT molecular complexity index is 804. The van der Waals surface area contributed by atoms with Crippen LogP contribution in [0.15, 0.2) is 42.5 Å². The second-order valence-corrected chi connectivity index (χ2v) is 4.61. The molecule has 1 unspecified atom stereocenters. The molecule has 0 radical (unpaired) electrons. The molecule has 2 aromatic rings. The van der Waals surface area contributed by atoms with E-state index < -0.39 is 11.0 Å². The van der Waals surface area contributed by atoms with Crippen molar-refractivity contribution in [2.24, 2.45) is 0 Å². The maximum Gasteiger partial charge on any atom is 0.312 e. The SMILES string of the molecule is N#Cc1ccc(C(O)COc2ccc(C#N)cc2[N+](=O)[O-])cc1. The summed E-state index contributed by atoms with van der Waals surface area (Å²) in [4.78, 5) is 10.3. The van der Waals surface area contributed by atoms with Crippen LogP contribution in [0.5, 0.6) is 5.75 Å². The van der Waals surface area contributed by atoms with Gasteiger partial charge in [0.05, 0.1) is 28.2 Å². The predicted molar refractivity (Wildman–Crippen MR) is 79.4 cm³/mol. The summed E-state index contributed by atoms with van der Waals surface area (Å²) in [6, 6.07) is 13.9. The topological polar surface area (TPSA) is 120 Å². The summed E-state index contributed by atoms with van der Waals surface area (Å²) in [6.45, 7) is -0.196. The fraction of sp³-hybridized carbons (Fsp3) is 0.125. The lowest BCUT2D eigenvalue weighted by molar-refractivity contribution is -0.386. The third-order valence-corrected chi connectivity index (χ3v) is 3.11. The molecule has 7 heteroatoms. The third kappa shape index (κ3) is 3.82. The van der Waals surface area contributed by atoms with Crippen LogP contribution >= 0.6 is 0 Å². The lowest BCUT2D eigenvalue weighted by atomic mass is 10.1. The van der Waals surface area contributed by atoms with Crippen LogP contribution in [0, 0.1) is 32.8 Å². The number of ether oxygens (including phenoxy) is 1. The Hall–Kier alpha value is -3.42. The summed E-state index contributed by atoms with van der Waals surface area (Å²) < 4.78 is 5.30. The van der Waals surface area contributed by atoms with Crippen molar-refractivity contribution in [3.05, 3.63) is 69.3 Å². The van der Waals surface area contributed by atoms with Gasteiger partial charge in [-0.25, -0.2) is 0 Å². The van der Waals surface area contributed by atoms with Crippen LogP contribution in [-0.4, -0.2) is 16.6 Å². The van der Waals surface area contributed by atoms with Crippen LogP contribution in [-0.2, 0) is 0 Å². The van der Waals surface area contributed by atoms with E-state index >= 15 is 0 Å². The van der Waals surface area contributed by atoms with E-state index in [0.717, 1.165) is 6.07 Å². The molecule has 0 aromatic heterocycles. The molecule has 0 fully saturated rings. The van der Waals surface area contributed by atoms with Gasteiger partial charge in [-0.15, -0.1) is 0 Å². The molecule has 114 valence electrons. The maximum absolute atomic E-state index is 11.0. The van der Waals surface area contributed by atoms with Crippen LogP contribution in [0.2, 0.25) is 0 Å². The first-order chi connectivity index (χ1) is 11.0. The lowest BCUT2D eigenvalue weighted by Gasteiger charge is -2.13. The van der Waals surface area contributed by atoms with Gasteiger partial charge in [0.15, 0.2) is 5.75 Å². The molecular formula is C16H11N3O4. The van der Waals surface area contributed by atoms with Crippen molar-refractivity contribution < 1.29 is 14.8 Å². The zero-order valence-electron chi connectivity index (χ0n) is 11.8. The monoisotopic (exact) mass is 309 g/mol. The van der Waals surface area contributed by atoms with Crippen molar-refractivity contribution in [3.8, 4) is 17.9 Å². The van der Waals surface area contributed by atoms with Crippen molar-refractivity contribution in [2.45, 2.75) is 6.10 Å². The Balaban J connectivity index is 2.12. The van der Waals surface area contributed by atoms with Gasteiger partial charge in [-0.2, -0.15) is 10.5 Å². The molecule has 0 saturated heterocycles. The van der Waals surface area contributed by atoms with Crippen molar-refractivity contribution in [2.75, 3.05) is 6.61 Å². The average molecular weight is 309 g/mol. The number of benzene rings is 2. The van der Waals surface area contributed by atoms with E-state index in [1.165, 1.54) is 12.1 Å². The molecule has 2 aromatic carbocycles.